The molecule has 0 radical (unpaired) electrons. The van der Waals surface area contributed by atoms with Crippen LogP contribution in [0.2, 0.25) is 0 Å². The predicted octanol–water partition coefficient (Wildman–Crippen LogP) is 4.48. The van der Waals surface area contributed by atoms with Gasteiger partial charge in [0.25, 0.3) is 0 Å². The van der Waals surface area contributed by atoms with Crippen molar-refractivity contribution in [2.75, 3.05) is 20.7 Å². The van der Waals surface area contributed by atoms with Gasteiger partial charge in [-0.15, -0.1) is 0 Å². The van der Waals surface area contributed by atoms with Crippen LogP contribution in [0.25, 0.3) is 22.2 Å². The van der Waals surface area contributed by atoms with Crippen molar-refractivity contribution >= 4 is 11.0 Å². The quantitative estimate of drug-likeness (QED) is 0.532. The van der Waals surface area contributed by atoms with Gasteiger partial charge in [-0.2, -0.15) is 0 Å². The lowest BCUT2D eigenvalue weighted by Crippen LogP contribution is -2.30. The average molecular weight is 371 g/mol. The Labute approximate surface area is 163 Å². The fraction of sp³-hybridized carbons (Fsp3) is 0.217. The summed E-state index contributed by atoms with van der Waals surface area (Å²) in [6.07, 6.45) is 3.39. The number of nitrogens with zero attached hydrogens (tertiary/aromatic N) is 3. The van der Waals surface area contributed by atoms with E-state index in [1.807, 2.05) is 18.2 Å². The largest absolute Gasteiger partial charge is 0.480 e. The Balaban J connectivity index is 1.57. The highest BCUT2D eigenvalue weighted by Gasteiger charge is 2.27. The summed E-state index contributed by atoms with van der Waals surface area (Å²) in [6.45, 7) is 1.84. The molecule has 4 aromatic rings. The van der Waals surface area contributed by atoms with E-state index in [9.17, 15) is 0 Å². The van der Waals surface area contributed by atoms with E-state index in [0.717, 1.165) is 41.1 Å². The van der Waals surface area contributed by atoms with E-state index in [4.69, 9.17) is 9.15 Å². The maximum absolute atomic E-state index is 6.19. The number of hydrogen-bond acceptors (Lipinski definition) is 5. The van der Waals surface area contributed by atoms with E-state index in [0.29, 0.717) is 5.88 Å². The van der Waals surface area contributed by atoms with Crippen molar-refractivity contribution in [2.24, 2.45) is 0 Å². The summed E-state index contributed by atoms with van der Waals surface area (Å²) in [5.41, 5.74) is 5.41. The van der Waals surface area contributed by atoms with E-state index in [-0.39, 0.29) is 5.92 Å². The van der Waals surface area contributed by atoms with E-state index < -0.39 is 0 Å². The van der Waals surface area contributed by atoms with E-state index >= 15 is 0 Å². The number of furan rings is 1. The zero-order valence-electron chi connectivity index (χ0n) is 15.9. The van der Waals surface area contributed by atoms with Gasteiger partial charge in [0.2, 0.25) is 5.88 Å². The second-order valence-electron chi connectivity index (χ2n) is 7.30. The zero-order valence-corrected chi connectivity index (χ0v) is 15.9. The summed E-state index contributed by atoms with van der Waals surface area (Å²) in [5.74, 6) is 1.75. The van der Waals surface area contributed by atoms with Crippen LogP contribution in [0.4, 0.5) is 0 Å². The lowest BCUT2D eigenvalue weighted by atomic mass is 9.87. The number of para-hydroxylation sites is 1. The maximum Gasteiger partial charge on any atom is 0.232 e. The Morgan fingerprint density at radius 2 is 2.00 bits per heavy atom. The fourth-order valence-corrected chi connectivity index (χ4v) is 4.01. The first-order chi connectivity index (χ1) is 13.7. The summed E-state index contributed by atoms with van der Waals surface area (Å²) in [4.78, 5) is 11.1. The van der Waals surface area contributed by atoms with Crippen molar-refractivity contribution in [2.45, 2.75) is 12.5 Å². The van der Waals surface area contributed by atoms with Crippen LogP contribution < -0.4 is 4.74 Å². The van der Waals surface area contributed by atoms with Crippen LogP contribution in [0.15, 0.2) is 65.3 Å². The summed E-state index contributed by atoms with van der Waals surface area (Å²) >= 11 is 0. The fourth-order valence-electron chi connectivity index (χ4n) is 4.01. The number of benzene rings is 2. The molecular formula is C23H21N3O2. The second-order valence-corrected chi connectivity index (χ2v) is 7.30. The molecule has 0 aliphatic carbocycles. The van der Waals surface area contributed by atoms with Gasteiger partial charge >= 0.3 is 0 Å². The van der Waals surface area contributed by atoms with Gasteiger partial charge < -0.3 is 14.1 Å². The van der Waals surface area contributed by atoms with Gasteiger partial charge in [-0.25, -0.2) is 4.98 Å². The number of fused-ring (bicyclic) bond motifs is 2. The van der Waals surface area contributed by atoms with E-state index in [2.05, 4.69) is 52.2 Å². The van der Waals surface area contributed by atoms with Crippen molar-refractivity contribution in [3.8, 4) is 17.1 Å². The normalized spacial score (nSPS) is 16.9. The minimum absolute atomic E-state index is 0.214. The van der Waals surface area contributed by atoms with Gasteiger partial charge in [-0.3, -0.25) is 4.98 Å². The Bertz CT molecular complexity index is 1120. The van der Waals surface area contributed by atoms with Crippen LogP contribution in [0.1, 0.15) is 22.8 Å². The SMILES string of the molecule is COc1cncc(-c2ccc3c(c2)CN(C)CC3c2cc3ccccc3o2)n1. The lowest BCUT2D eigenvalue weighted by Gasteiger charge is -2.31. The molecule has 0 saturated carbocycles. The van der Waals surface area contributed by atoms with E-state index in [1.54, 1.807) is 19.5 Å². The van der Waals surface area contributed by atoms with Crippen LogP contribution in [-0.4, -0.2) is 35.6 Å². The van der Waals surface area contributed by atoms with Crippen LogP contribution in [-0.2, 0) is 6.54 Å². The Kier molecular flexibility index (Phi) is 4.10. The Hall–Kier alpha value is -3.18. The minimum Gasteiger partial charge on any atom is -0.480 e. The molecule has 2 aromatic heterocycles. The molecule has 1 unspecified atom stereocenters. The van der Waals surface area contributed by atoms with Gasteiger partial charge in [0.1, 0.15) is 11.3 Å². The first-order valence-electron chi connectivity index (χ1n) is 9.37. The molecule has 5 rings (SSSR count). The third kappa shape index (κ3) is 2.94. The third-order valence-electron chi connectivity index (χ3n) is 5.36. The predicted molar refractivity (Wildman–Crippen MR) is 108 cm³/mol. The van der Waals surface area contributed by atoms with E-state index in [1.165, 1.54) is 11.1 Å². The molecule has 5 nitrogen and oxygen atoms in total. The minimum atomic E-state index is 0.214. The molecular weight excluding hydrogens is 350 g/mol. The Morgan fingerprint density at radius 3 is 2.86 bits per heavy atom. The molecule has 0 spiro atoms. The number of methoxy groups -OCH3 is 1. The molecule has 1 aliphatic rings. The maximum atomic E-state index is 6.19. The second kappa shape index (κ2) is 6.77. The molecule has 28 heavy (non-hydrogen) atoms. The highest BCUT2D eigenvalue weighted by Crippen LogP contribution is 2.37. The average Bonchev–Trinajstić information content (AvgIpc) is 3.17. The highest BCUT2D eigenvalue weighted by atomic mass is 16.5. The van der Waals surface area contributed by atoms with Crippen LogP contribution in [0, 0.1) is 0 Å². The summed E-state index contributed by atoms with van der Waals surface area (Å²) in [6, 6.07) is 16.9. The first kappa shape index (κ1) is 17.0. The molecule has 5 heteroatoms. The topological polar surface area (TPSA) is 51.4 Å². The zero-order chi connectivity index (χ0) is 19.1. The third-order valence-corrected chi connectivity index (χ3v) is 5.36. The van der Waals surface area contributed by atoms with Crippen LogP contribution in [0.5, 0.6) is 5.88 Å². The number of aromatic nitrogens is 2. The van der Waals surface area contributed by atoms with Crippen molar-refractivity contribution in [1.82, 2.24) is 14.9 Å². The first-order valence-corrected chi connectivity index (χ1v) is 9.37. The lowest BCUT2D eigenvalue weighted by molar-refractivity contribution is 0.282. The summed E-state index contributed by atoms with van der Waals surface area (Å²) in [5, 5.41) is 1.15. The highest BCUT2D eigenvalue weighted by molar-refractivity contribution is 5.78. The van der Waals surface area contributed by atoms with Gasteiger partial charge in [-0.05, 0) is 36.4 Å². The van der Waals surface area contributed by atoms with Gasteiger partial charge in [-0.1, -0.05) is 30.3 Å². The van der Waals surface area contributed by atoms with Crippen LogP contribution in [0.3, 0.4) is 0 Å². The molecule has 0 N–H and O–H groups in total. The molecule has 0 amide bonds. The van der Waals surface area contributed by atoms with Gasteiger partial charge in [0.05, 0.1) is 31.1 Å². The molecule has 0 saturated heterocycles. The monoisotopic (exact) mass is 371 g/mol. The van der Waals surface area contributed by atoms with Crippen molar-refractivity contribution in [3.63, 3.8) is 0 Å². The smallest absolute Gasteiger partial charge is 0.232 e. The van der Waals surface area contributed by atoms with Crippen molar-refractivity contribution < 1.29 is 9.15 Å². The summed E-state index contributed by atoms with van der Waals surface area (Å²) < 4.78 is 11.4. The molecule has 3 heterocycles. The van der Waals surface area contributed by atoms with Gasteiger partial charge in [0, 0.05) is 24.0 Å². The Morgan fingerprint density at radius 1 is 1.11 bits per heavy atom. The molecule has 1 aliphatic heterocycles. The number of ether oxygens (including phenoxy) is 1. The molecule has 140 valence electrons. The van der Waals surface area contributed by atoms with Crippen molar-refractivity contribution in [3.05, 3.63) is 77.8 Å². The molecule has 0 bridgehead atoms. The van der Waals surface area contributed by atoms with Crippen LogP contribution >= 0.6 is 0 Å². The summed E-state index contributed by atoms with van der Waals surface area (Å²) in [7, 11) is 3.75. The molecule has 2 aromatic carbocycles. The standard InChI is InChI=1S/C23H21N3O2/c1-26-13-17-9-15(20-11-24-12-23(25-20)27-2)7-8-18(17)19(14-26)22-10-16-5-3-4-6-21(16)28-22/h3-12,19H,13-14H2,1-2H3. The molecule has 1 atom stereocenters. The van der Waals surface area contributed by atoms with Gasteiger partial charge in [0.15, 0.2) is 0 Å². The number of rotatable bonds is 3. The van der Waals surface area contributed by atoms with Crippen molar-refractivity contribution in [1.29, 1.82) is 0 Å². The molecule has 0 fully saturated rings. The number of hydrogen-bond donors (Lipinski definition) is 0. The number of likely N-dealkylation sites (N-methyl/N-ethyl adjacent to an activating group) is 1.